The Morgan fingerprint density at radius 2 is 1.86 bits per heavy atom. The van der Waals surface area contributed by atoms with Gasteiger partial charge in [-0.3, -0.25) is 4.79 Å². The van der Waals surface area contributed by atoms with E-state index in [2.05, 4.69) is 20.2 Å². The van der Waals surface area contributed by atoms with Crippen molar-refractivity contribution in [2.45, 2.75) is 25.8 Å². The molecule has 1 aromatic carbocycles. The lowest BCUT2D eigenvalue weighted by Gasteiger charge is -2.28. The average Bonchev–Trinajstić information content (AvgIpc) is 3.27. The monoisotopic (exact) mass is 378 g/mol. The molecule has 3 heterocycles. The molecule has 3 aromatic rings. The number of carbonyl (C=O) groups is 1. The van der Waals surface area contributed by atoms with Crippen LogP contribution in [-0.2, 0) is 6.54 Å². The van der Waals surface area contributed by atoms with Gasteiger partial charge >= 0.3 is 0 Å². The molecule has 0 unspecified atom stereocenters. The van der Waals surface area contributed by atoms with E-state index in [1.807, 2.05) is 6.07 Å². The SMILES string of the molecule is O=C(NCc1ccco1)c1ccc(Oc2nccnc2N2CCCCC2)cc1. The highest BCUT2D eigenvalue weighted by Crippen LogP contribution is 2.29. The zero-order chi connectivity index (χ0) is 19.2. The van der Waals surface area contributed by atoms with E-state index in [0.29, 0.717) is 29.5 Å². The number of furan rings is 1. The first-order valence-electron chi connectivity index (χ1n) is 9.44. The van der Waals surface area contributed by atoms with Crippen LogP contribution in [0.5, 0.6) is 11.6 Å². The third-order valence-corrected chi connectivity index (χ3v) is 4.64. The Hall–Kier alpha value is -3.35. The highest BCUT2D eigenvalue weighted by molar-refractivity contribution is 5.94. The van der Waals surface area contributed by atoms with Crippen LogP contribution in [0.15, 0.2) is 59.5 Å². The fourth-order valence-electron chi connectivity index (χ4n) is 3.18. The Balaban J connectivity index is 1.41. The van der Waals surface area contributed by atoms with E-state index in [1.54, 1.807) is 49.0 Å². The van der Waals surface area contributed by atoms with Crippen molar-refractivity contribution >= 4 is 11.7 Å². The normalized spacial score (nSPS) is 13.9. The number of nitrogens with zero attached hydrogens (tertiary/aromatic N) is 3. The van der Waals surface area contributed by atoms with Crippen LogP contribution in [0.3, 0.4) is 0 Å². The zero-order valence-electron chi connectivity index (χ0n) is 15.5. The van der Waals surface area contributed by atoms with Crippen LogP contribution in [0, 0.1) is 0 Å². The topological polar surface area (TPSA) is 80.5 Å². The van der Waals surface area contributed by atoms with E-state index in [-0.39, 0.29) is 5.91 Å². The quantitative estimate of drug-likeness (QED) is 0.703. The average molecular weight is 378 g/mol. The number of benzene rings is 1. The van der Waals surface area contributed by atoms with Gasteiger partial charge in [-0.2, -0.15) is 0 Å². The maximum absolute atomic E-state index is 12.2. The highest BCUT2D eigenvalue weighted by atomic mass is 16.5. The van der Waals surface area contributed by atoms with E-state index in [4.69, 9.17) is 9.15 Å². The van der Waals surface area contributed by atoms with Gasteiger partial charge in [0, 0.05) is 31.0 Å². The summed E-state index contributed by atoms with van der Waals surface area (Å²) in [5.41, 5.74) is 0.550. The molecule has 2 aromatic heterocycles. The van der Waals surface area contributed by atoms with Gasteiger partial charge in [-0.25, -0.2) is 9.97 Å². The molecule has 0 spiro atoms. The van der Waals surface area contributed by atoms with Crippen molar-refractivity contribution in [3.8, 4) is 11.6 Å². The van der Waals surface area contributed by atoms with E-state index in [0.717, 1.165) is 31.7 Å². The summed E-state index contributed by atoms with van der Waals surface area (Å²) in [5.74, 6) is 2.40. The number of aromatic nitrogens is 2. The van der Waals surface area contributed by atoms with Crippen molar-refractivity contribution in [3.63, 3.8) is 0 Å². The number of hydrogen-bond acceptors (Lipinski definition) is 6. The van der Waals surface area contributed by atoms with Crippen molar-refractivity contribution in [2.75, 3.05) is 18.0 Å². The summed E-state index contributed by atoms with van der Waals surface area (Å²) in [6.45, 7) is 2.27. The predicted octanol–water partition coefficient (Wildman–Crippen LogP) is 3.78. The predicted molar refractivity (Wildman–Crippen MR) is 104 cm³/mol. The van der Waals surface area contributed by atoms with Gasteiger partial charge in [-0.1, -0.05) is 0 Å². The number of hydrogen-bond donors (Lipinski definition) is 1. The number of rotatable bonds is 6. The third-order valence-electron chi connectivity index (χ3n) is 4.64. The smallest absolute Gasteiger partial charge is 0.263 e. The first-order valence-corrected chi connectivity index (χ1v) is 9.44. The zero-order valence-corrected chi connectivity index (χ0v) is 15.5. The Bertz CT molecular complexity index is 904. The number of amides is 1. The molecule has 144 valence electrons. The van der Waals surface area contributed by atoms with Crippen LogP contribution in [0.25, 0.3) is 0 Å². The van der Waals surface area contributed by atoms with E-state index < -0.39 is 0 Å². The van der Waals surface area contributed by atoms with Crippen LogP contribution < -0.4 is 15.0 Å². The molecule has 0 radical (unpaired) electrons. The molecule has 1 N–H and O–H groups in total. The lowest BCUT2D eigenvalue weighted by atomic mass is 10.1. The molecular formula is C21H22N4O3. The fraction of sp³-hybridized carbons (Fsp3) is 0.286. The van der Waals surface area contributed by atoms with Crippen LogP contribution in [-0.4, -0.2) is 29.0 Å². The van der Waals surface area contributed by atoms with Crippen molar-refractivity contribution in [1.29, 1.82) is 0 Å². The van der Waals surface area contributed by atoms with Gasteiger partial charge in [-0.05, 0) is 55.7 Å². The maximum Gasteiger partial charge on any atom is 0.263 e. The van der Waals surface area contributed by atoms with Gasteiger partial charge in [0.15, 0.2) is 5.82 Å². The van der Waals surface area contributed by atoms with E-state index in [1.165, 1.54) is 6.42 Å². The largest absolute Gasteiger partial charge is 0.467 e. The summed E-state index contributed by atoms with van der Waals surface area (Å²) in [5, 5.41) is 2.82. The number of nitrogens with one attached hydrogen (secondary N) is 1. The summed E-state index contributed by atoms with van der Waals surface area (Å²) in [6.07, 6.45) is 8.44. The second kappa shape index (κ2) is 8.56. The molecule has 0 saturated carbocycles. The molecule has 1 saturated heterocycles. The van der Waals surface area contributed by atoms with Crippen molar-refractivity contribution in [3.05, 3.63) is 66.4 Å². The number of piperidine rings is 1. The molecule has 1 fully saturated rings. The Morgan fingerprint density at radius 3 is 2.61 bits per heavy atom. The van der Waals surface area contributed by atoms with Gasteiger partial charge in [0.25, 0.3) is 11.8 Å². The second-order valence-corrected chi connectivity index (χ2v) is 6.62. The van der Waals surface area contributed by atoms with Gasteiger partial charge < -0.3 is 19.4 Å². The fourth-order valence-corrected chi connectivity index (χ4v) is 3.18. The summed E-state index contributed by atoms with van der Waals surface area (Å²) in [6, 6.07) is 10.6. The standard InChI is InChI=1S/C21H22N4O3/c26-20(24-15-18-5-4-14-27-18)16-6-8-17(9-7-16)28-21-19(22-10-11-23-21)25-12-2-1-3-13-25/h4-11,14H,1-3,12-13,15H2,(H,24,26). The third kappa shape index (κ3) is 4.31. The summed E-state index contributed by atoms with van der Waals surface area (Å²) >= 11 is 0. The van der Waals surface area contributed by atoms with Gasteiger partial charge in [0.2, 0.25) is 0 Å². The minimum atomic E-state index is -0.170. The lowest BCUT2D eigenvalue weighted by molar-refractivity contribution is 0.0948. The number of anilines is 1. The van der Waals surface area contributed by atoms with Gasteiger partial charge in [0.05, 0.1) is 12.8 Å². The highest BCUT2D eigenvalue weighted by Gasteiger charge is 2.18. The summed E-state index contributed by atoms with van der Waals surface area (Å²) in [7, 11) is 0. The van der Waals surface area contributed by atoms with E-state index >= 15 is 0 Å². The molecule has 1 aliphatic heterocycles. The molecule has 7 heteroatoms. The van der Waals surface area contributed by atoms with Crippen LogP contribution in [0.2, 0.25) is 0 Å². The van der Waals surface area contributed by atoms with Crippen molar-refractivity contribution < 1.29 is 13.9 Å². The van der Waals surface area contributed by atoms with Gasteiger partial charge in [-0.15, -0.1) is 0 Å². The molecule has 28 heavy (non-hydrogen) atoms. The Kier molecular flexibility index (Phi) is 5.51. The molecule has 0 atom stereocenters. The lowest BCUT2D eigenvalue weighted by Crippen LogP contribution is -2.30. The molecule has 0 aliphatic carbocycles. The Morgan fingerprint density at radius 1 is 1.07 bits per heavy atom. The van der Waals surface area contributed by atoms with Crippen molar-refractivity contribution in [1.82, 2.24) is 15.3 Å². The van der Waals surface area contributed by atoms with Crippen LogP contribution in [0.1, 0.15) is 35.4 Å². The summed E-state index contributed by atoms with van der Waals surface area (Å²) < 4.78 is 11.2. The minimum absolute atomic E-state index is 0.170. The maximum atomic E-state index is 12.2. The molecule has 7 nitrogen and oxygen atoms in total. The molecule has 0 bridgehead atoms. The minimum Gasteiger partial charge on any atom is -0.467 e. The van der Waals surface area contributed by atoms with Gasteiger partial charge in [0.1, 0.15) is 11.5 Å². The molecule has 1 aliphatic rings. The Labute approximate surface area is 163 Å². The number of ether oxygens (including phenoxy) is 1. The molecule has 1 amide bonds. The second-order valence-electron chi connectivity index (χ2n) is 6.62. The molecular weight excluding hydrogens is 356 g/mol. The molecule has 4 rings (SSSR count). The van der Waals surface area contributed by atoms with Crippen LogP contribution in [0.4, 0.5) is 5.82 Å². The van der Waals surface area contributed by atoms with E-state index in [9.17, 15) is 4.79 Å². The first kappa shape index (κ1) is 18.0. The summed E-state index contributed by atoms with van der Waals surface area (Å²) in [4.78, 5) is 23.3. The number of carbonyl (C=O) groups excluding carboxylic acids is 1. The first-order chi connectivity index (χ1) is 13.8. The van der Waals surface area contributed by atoms with Crippen LogP contribution >= 0.6 is 0 Å². The van der Waals surface area contributed by atoms with Crippen molar-refractivity contribution in [2.24, 2.45) is 0 Å².